The molecule has 1 amide bonds. The molecule has 0 fully saturated rings. The molecule has 3 aromatic rings. The van der Waals surface area contributed by atoms with Gasteiger partial charge in [-0.3, -0.25) is 14.2 Å². The molecule has 0 unspecified atom stereocenters. The average Bonchev–Trinajstić information content (AvgIpc) is 3.16. The van der Waals surface area contributed by atoms with Crippen LogP contribution in [0.2, 0.25) is 0 Å². The van der Waals surface area contributed by atoms with E-state index in [1.807, 2.05) is 6.92 Å². The van der Waals surface area contributed by atoms with Crippen molar-refractivity contribution in [1.82, 2.24) is 19.6 Å². The number of halogens is 2. The van der Waals surface area contributed by atoms with E-state index in [-0.39, 0.29) is 11.7 Å². The van der Waals surface area contributed by atoms with Crippen LogP contribution in [-0.2, 0) is 13.1 Å². The molecule has 8 heteroatoms. The summed E-state index contributed by atoms with van der Waals surface area (Å²) in [6, 6.07) is 6.21. The van der Waals surface area contributed by atoms with Crippen molar-refractivity contribution in [2.45, 2.75) is 20.0 Å². The Bertz CT molecular complexity index is 856. The summed E-state index contributed by atoms with van der Waals surface area (Å²) >= 11 is 3.33. The van der Waals surface area contributed by atoms with Gasteiger partial charge in [0.15, 0.2) is 5.69 Å². The van der Waals surface area contributed by atoms with Crippen molar-refractivity contribution in [3.63, 3.8) is 0 Å². The van der Waals surface area contributed by atoms with E-state index < -0.39 is 0 Å². The van der Waals surface area contributed by atoms with Gasteiger partial charge in [0.1, 0.15) is 5.82 Å². The summed E-state index contributed by atoms with van der Waals surface area (Å²) in [4.78, 5) is 12.3. The van der Waals surface area contributed by atoms with E-state index >= 15 is 0 Å². The largest absolute Gasteiger partial charge is 0.318 e. The van der Waals surface area contributed by atoms with Gasteiger partial charge in [0.25, 0.3) is 5.91 Å². The number of hydrogen-bond donors (Lipinski definition) is 1. The lowest BCUT2D eigenvalue weighted by Gasteiger charge is -2.02. The van der Waals surface area contributed by atoms with Gasteiger partial charge in [-0.2, -0.15) is 10.2 Å². The number of nitrogens with one attached hydrogen (secondary N) is 1. The molecule has 124 valence electrons. The fraction of sp³-hybridized carbons (Fsp3) is 0.188. The summed E-state index contributed by atoms with van der Waals surface area (Å²) in [6.07, 6.45) is 5.03. The van der Waals surface area contributed by atoms with E-state index in [4.69, 9.17) is 0 Å². The van der Waals surface area contributed by atoms with E-state index in [0.29, 0.717) is 28.9 Å². The smallest absolute Gasteiger partial charge is 0.277 e. The molecule has 0 saturated heterocycles. The molecular formula is C16H15BrFN5O. The van der Waals surface area contributed by atoms with Crippen LogP contribution in [0.25, 0.3) is 0 Å². The normalized spacial score (nSPS) is 10.8. The molecular weight excluding hydrogens is 377 g/mol. The molecule has 0 aliphatic carbocycles. The maximum atomic E-state index is 12.9. The number of benzene rings is 1. The number of anilines is 1. The minimum atomic E-state index is -0.310. The molecule has 2 aromatic heterocycles. The Morgan fingerprint density at radius 3 is 2.67 bits per heavy atom. The van der Waals surface area contributed by atoms with Crippen LogP contribution in [0.3, 0.4) is 0 Å². The van der Waals surface area contributed by atoms with Gasteiger partial charge in [0.05, 0.1) is 22.9 Å². The first-order valence-corrected chi connectivity index (χ1v) is 8.15. The number of aryl methyl sites for hydroxylation is 1. The molecule has 0 aliphatic rings. The quantitative estimate of drug-likeness (QED) is 0.725. The molecule has 1 N–H and O–H groups in total. The summed E-state index contributed by atoms with van der Waals surface area (Å²) in [5.41, 5.74) is 1.81. The number of amides is 1. The topological polar surface area (TPSA) is 64.7 Å². The van der Waals surface area contributed by atoms with Crippen LogP contribution in [-0.4, -0.2) is 25.5 Å². The summed E-state index contributed by atoms with van der Waals surface area (Å²) in [5.74, 6) is -0.584. The number of aromatic nitrogens is 4. The van der Waals surface area contributed by atoms with Gasteiger partial charge in [-0.1, -0.05) is 12.1 Å². The lowest BCUT2D eigenvalue weighted by Crippen LogP contribution is -2.13. The second kappa shape index (κ2) is 6.96. The molecule has 24 heavy (non-hydrogen) atoms. The highest BCUT2D eigenvalue weighted by Crippen LogP contribution is 2.17. The van der Waals surface area contributed by atoms with Crippen LogP contribution in [0.4, 0.5) is 10.1 Å². The third-order valence-corrected chi connectivity index (χ3v) is 3.99. The zero-order valence-corrected chi connectivity index (χ0v) is 14.5. The summed E-state index contributed by atoms with van der Waals surface area (Å²) in [6.45, 7) is 3.12. The molecule has 0 atom stereocenters. The third-order valence-electron chi connectivity index (χ3n) is 3.41. The maximum absolute atomic E-state index is 12.9. The van der Waals surface area contributed by atoms with Crippen LogP contribution in [0.15, 0.2) is 47.3 Å². The first-order chi connectivity index (χ1) is 11.5. The lowest BCUT2D eigenvalue weighted by molar-refractivity contribution is 0.102. The van der Waals surface area contributed by atoms with Gasteiger partial charge in [-0.05, 0) is 40.5 Å². The van der Waals surface area contributed by atoms with Crippen LogP contribution in [0, 0.1) is 5.82 Å². The molecule has 0 saturated carbocycles. The van der Waals surface area contributed by atoms with Crippen molar-refractivity contribution in [2.75, 3.05) is 5.32 Å². The SMILES string of the molecule is CCn1cc(Br)c(C(=O)Nc2cnn(Cc3ccc(F)cc3)c2)n1. The maximum Gasteiger partial charge on any atom is 0.277 e. The summed E-state index contributed by atoms with van der Waals surface area (Å²) < 4.78 is 16.9. The second-order valence-electron chi connectivity index (χ2n) is 5.19. The molecule has 0 bridgehead atoms. The van der Waals surface area contributed by atoms with Crippen molar-refractivity contribution in [1.29, 1.82) is 0 Å². The molecule has 0 spiro atoms. The number of rotatable bonds is 5. The fourth-order valence-electron chi connectivity index (χ4n) is 2.19. The number of hydrogen-bond acceptors (Lipinski definition) is 3. The monoisotopic (exact) mass is 391 g/mol. The number of carbonyl (C=O) groups excluding carboxylic acids is 1. The van der Waals surface area contributed by atoms with E-state index in [2.05, 4.69) is 31.4 Å². The third kappa shape index (κ3) is 3.70. The molecule has 2 heterocycles. The van der Waals surface area contributed by atoms with Crippen molar-refractivity contribution in [3.8, 4) is 0 Å². The minimum Gasteiger partial charge on any atom is -0.318 e. The Morgan fingerprint density at radius 2 is 2.00 bits per heavy atom. The van der Waals surface area contributed by atoms with Crippen LogP contribution in [0.5, 0.6) is 0 Å². The number of carbonyl (C=O) groups is 1. The van der Waals surface area contributed by atoms with Crippen molar-refractivity contribution < 1.29 is 9.18 Å². The standard InChI is InChI=1S/C16H15BrFN5O/c1-2-22-10-14(17)15(21-22)16(24)20-13-7-19-23(9-13)8-11-3-5-12(18)6-4-11/h3-7,9-10H,2,8H2,1H3,(H,20,24). The Labute approximate surface area is 146 Å². The van der Waals surface area contributed by atoms with E-state index in [9.17, 15) is 9.18 Å². The predicted molar refractivity (Wildman–Crippen MR) is 91.3 cm³/mol. The zero-order chi connectivity index (χ0) is 17.1. The van der Waals surface area contributed by atoms with Crippen molar-refractivity contribution in [3.05, 3.63) is 64.4 Å². The van der Waals surface area contributed by atoms with Gasteiger partial charge in [-0.25, -0.2) is 4.39 Å². The van der Waals surface area contributed by atoms with Crippen LogP contribution >= 0.6 is 15.9 Å². The molecule has 6 nitrogen and oxygen atoms in total. The Morgan fingerprint density at radius 1 is 1.25 bits per heavy atom. The Hall–Kier alpha value is -2.48. The average molecular weight is 392 g/mol. The minimum absolute atomic E-state index is 0.274. The van der Waals surface area contributed by atoms with Crippen LogP contribution < -0.4 is 5.32 Å². The predicted octanol–water partition coefficient (Wildman–Crippen LogP) is 3.30. The molecule has 0 radical (unpaired) electrons. The van der Waals surface area contributed by atoms with E-state index in [1.54, 1.807) is 40.1 Å². The van der Waals surface area contributed by atoms with E-state index in [1.165, 1.54) is 12.1 Å². The summed E-state index contributed by atoms with van der Waals surface area (Å²) in [5, 5.41) is 11.2. The molecule has 0 aliphatic heterocycles. The Kier molecular flexibility index (Phi) is 4.75. The van der Waals surface area contributed by atoms with Gasteiger partial charge in [-0.15, -0.1) is 0 Å². The van der Waals surface area contributed by atoms with Gasteiger partial charge >= 0.3 is 0 Å². The van der Waals surface area contributed by atoms with E-state index in [0.717, 1.165) is 5.56 Å². The van der Waals surface area contributed by atoms with Gasteiger partial charge in [0.2, 0.25) is 0 Å². The highest BCUT2D eigenvalue weighted by molar-refractivity contribution is 9.10. The van der Waals surface area contributed by atoms with Gasteiger partial charge in [0, 0.05) is 18.9 Å². The number of nitrogens with zero attached hydrogens (tertiary/aromatic N) is 4. The highest BCUT2D eigenvalue weighted by atomic mass is 79.9. The molecule has 3 rings (SSSR count). The summed E-state index contributed by atoms with van der Waals surface area (Å²) in [7, 11) is 0. The highest BCUT2D eigenvalue weighted by Gasteiger charge is 2.15. The fourth-order valence-corrected chi connectivity index (χ4v) is 2.69. The first kappa shape index (κ1) is 16.4. The van der Waals surface area contributed by atoms with Crippen LogP contribution in [0.1, 0.15) is 23.0 Å². The zero-order valence-electron chi connectivity index (χ0n) is 12.9. The first-order valence-electron chi connectivity index (χ1n) is 7.36. The lowest BCUT2D eigenvalue weighted by atomic mass is 10.2. The van der Waals surface area contributed by atoms with Crippen molar-refractivity contribution >= 4 is 27.5 Å². The molecule has 1 aromatic carbocycles. The van der Waals surface area contributed by atoms with Crippen molar-refractivity contribution in [2.24, 2.45) is 0 Å². The van der Waals surface area contributed by atoms with Gasteiger partial charge < -0.3 is 5.32 Å². The second-order valence-corrected chi connectivity index (χ2v) is 6.04. The Balaban J connectivity index is 1.68.